The first-order chi connectivity index (χ1) is 17.1. The number of aliphatic hydroxyl groups is 1. The molecule has 4 heterocycles. The third kappa shape index (κ3) is 4.01. The predicted octanol–water partition coefficient (Wildman–Crippen LogP) is 3.52. The van der Waals surface area contributed by atoms with Crippen LogP contribution >= 0.6 is 0 Å². The van der Waals surface area contributed by atoms with Crippen molar-refractivity contribution in [1.82, 2.24) is 14.9 Å². The van der Waals surface area contributed by atoms with E-state index >= 15 is 0 Å². The van der Waals surface area contributed by atoms with Gasteiger partial charge in [-0.05, 0) is 31.0 Å². The Morgan fingerprint density at radius 3 is 2.77 bits per heavy atom. The lowest BCUT2D eigenvalue weighted by Crippen LogP contribution is -2.52. The molecule has 180 valence electrons. The molecule has 0 radical (unpaired) electrons. The topological polar surface area (TPSA) is 102 Å². The fourth-order valence-electron chi connectivity index (χ4n) is 5.18. The average molecular weight is 474 g/mol. The van der Waals surface area contributed by atoms with Gasteiger partial charge in [0.2, 0.25) is 0 Å². The molecule has 0 bridgehead atoms. The molecule has 1 N–H and O–H groups in total. The molecule has 1 spiro atoms. The zero-order chi connectivity index (χ0) is 24.0. The number of carbonyl (C=O) groups is 2. The quantitative estimate of drug-likeness (QED) is 0.605. The fraction of sp³-hybridized carbons (Fsp3) is 0.407. The summed E-state index contributed by atoms with van der Waals surface area (Å²) in [6.45, 7) is 0.962. The van der Waals surface area contributed by atoms with Gasteiger partial charge in [0.15, 0.2) is 5.78 Å². The Morgan fingerprint density at radius 2 is 2.00 bits per heavy atom. The highest BCUT2D eigenvalue weighted by molar-refractivity contribution is 6.00. The summed E-state index contributed by atoms with van der Waals surface area (Å²) in [7, 11) is 0. The summed E-state index contributed by atoms with van der Waals surface area (Å²) < 4.78 is 12.1. The Balaban J connectivity index is 1.26. The van der Waals surface area contributed by atoms with Gasteiger partial charge >= 0.3 is 0 Å². The number of hydrogen-bond acceptors (Lipinski definition) is 7. The highest BCUT2D eigenvalue weighted by atomic mass is 16.5. The number of carbonyl (C=O) groups excluding carboxylic acids is 2. The number of fused-ring (bicyclic) bond motifs is 2. The maximum atomic E-state index is 13.5. The van der Waals surface area contributed by atoms with Crippen molar-refractivity contribution in [2.24, 2.45) is 0 Å². The van der Waals surface area contributed by atoms with Gasteiger partial charge in [0.05, 0.1) is 29.8 Å². The zero-order valence-corrected chi connectivity index (χ0v) is 19.4. The van der Waals surface area contributed by atoms with Crippen LogP contribution in [0.4, 0.5) is 0 Å². The van der Waals surface area contributed by atoms with E-state index in [1.54, 1.807) is 23.2 Å². The number of para-hydroxylation sites is 1. The van der Waals surface area contributed by atoms with Crippen molar-refractivity contribution in [3.8, 4) is 11.5 Å². The van der Waals surface area contributed by atoms with Gasteiger partial charge in [0, 0.05) is 49.5 Å². The number of ether oxygens (including phenoxy) is 2. The molecule has 3 aliphatic rings. The molecular weight excluding hydrogens is 446 g/mol. The number of aromatic nitrogens is 2. The summed E-state index contributed by atoms with van der Waals surface area (Å²) in [5.41, 5.74) is 1.96. The molecule has 0 unspecified atom stereocenters. The molecule has 8 heteroatoms. The second-order valence-electron chi connectivity index (χ2n) is 9.62. The number of hydrogen-bond donors (Lipinski definition) is 1. The maximum Gasteiger partial charge on any atom is 0.272 e. The van der Waals surface area contributed by atoms with E-state index in [0.29, 0.717) is 66.5 Å². The number of pyridine rings is 2. The SMILES string of the molecule is O=C1CC2(CCN(C(=O)c3cc(OCCO)c4ccnc(C5CC5)c4n3)CC2)Oc2ccccc21. The lowest BCUT2D eigenvalue weighted by atomic mass is 9.82. The number of likely N-dealkylation sites (tertiary alicyclic amines) is 1. The highest BCUT2D eigenvalue weighted by Crippen LogP contribution is 2.43. The van der Waals surface area contributed by atoms with Crippen LogP contribution in [0.2, 0.25) is 0 Å². The molecule has 1 amide bonds. The summed E-state index contributed by atoms with van der Waals surface area (Å²) in [5.74, 6) is 1.44. The molecule has 3 aromatic rings. The van der Waals surface area contributed by atoms with Crippen LogP contribution in [0, 0.1) is 0 Å². The van der Waals surface area contributed by atoms with Crippen molar-refractivity contribution >= 4 is 22.6 Å². The molecule has 6 rings (SSSR count). The standard InChI is InChI=1S/C27H27N3O5/c31-13-14-34-23-15-20(29-25-19(23)7-10-28-24(25)17-5-6-17)26(33)30-11-8-27(9-12-30)16-21(32)18-3-1-2-4-22(18)35-27/h1-4,7,10,15,17,31H,5-6,8-9,11-14,16H2. The first-order valence-electron chi connectivity index (χ1n) is 12.2. The van der Waals surface area contributed by atoms with Gasteiger partial charge in [-0.15, -0.1) is 0 Å². The minimum absolute atomic E-state index is 0.0913. The molecule has 8 nitrogen and oxygen atoms in total. The smallest absolute Gasteiger partial charge is 0.272 e. The second kappa shape index (κ2) is 8.61. The van der Waals surface area contributed by atoms with E-state index < -0.39 is 5.60 Å². The number of amides is 1. The first-order valence-corrected chi connectivity index (χ1v) is 12.2. The summed E-state index contributed by atoms with van der Waals surface area (Å²) in [5, 5.41) is 10.1. The van der Waals surface area contributed by atoms with Gasteiger partial charge in [-0.2, -0.15) is 0 Å². The molecule has 2 aliphatic heterocycles. The first kappa shape index (κ1) is 22.0. The maximum absolute atomic E-state index is 13.5. The van der Waals surface area contributed by atoms with Crippen molar-refractivity contribution in [3.63, 3.8) is 0 Å². The van der Waals surface area contributed by atoms with Crippen LogP contribution in [0.5, 0.6) is 11.5 Å². The third-order valence-corrected chi connectivity index (χ3v) is 7.21. The number of aliphatic hydroxyl groups excluding tert-OH is 1. The van der Waals surface area contributed by atoms with E-state index in [2.05, 4.69) is 4.98 Å². The van der Waals surface area contributed by atoms with E-state index in [1.807, 2.05) is 24.3 Å². The molecule has 1 aromatic carbocycles. The van der Waals surface area contributed by atoms with Gasteiger partial charge in [-0.1, -0.05) is 12.1 Å². The molecule has 2 fully saturated rings. The monoisotopic (exact) mass is 473 g/mol. The van der Waals surface area contributed by atoms with Crippen LogP contribution in [0.15, 0.2) is 42.6 Å². The minimum atomic E-state index is -0.572. The number of rotatable bonds is 5. The number of ketones is 1. The van der Waals surface area contributed by atoms with Crippen molar-refractivity contribution < 1.29 is 24.2 Å². The molecule has 1 saturated heterocycles. The Hall–Kier alpha value is -3.52. The van der Waals surface area contributed by atoms with E-state index in [4.69, 9.17) is 14.5 Å². The van der Waals surface area contributed by atoms with Crippen molar-refractivity contribution in [2.75, 3.05) is 26.3 Å². The Kier molecular flexibility index (Phi) is 5.40. The van der Waals surface area contributed by atoms with Crippen molar-refractivity contribution in [1.29, 1.82) is 0 Å². The van der Waals surface area contributed by atoms with Gasteiger partial charge in [0.1, 0.15) is 29.4 Å². The largest absolute Gasteiger partial charge is 0.490 e. The molecule has 0 atom stereocenters. The Labute approximate surface area is 202 Å². The van der Waals surface area contributed by atoms with Crippen LogP contribution in [0.25, 0.3) is 10.9 Å². The molecule has 1 aliphatic carbocycles. The van der Waals surface area contributed by atoms with Gasteiger partial charge in [-0.25, -0.2) is 4.98 Å². The second-order valence-corrected chi connectivity index (χ2v) is 9.62. The lowest BCUT2D eigenvalue weighted by molar-refractivity contribution is -0.00584. The predicted molar refractivity (Wildman–Crippen MR) is 128 cm³/mol. The molecule has 1 saturated carbocycles. The number of benzene rings is 1. The summed E-state index contributed by atoms with van der Waals surface area (Å²) in [6, 6.07) is 10.9. The van der Waals surface area contributed by atoms with E-state index in [0.717, 1.165) is 23.9 Å². The van der Waals surface area contributed by atoms with Crippen molar-refractivity contribution in [2.45, 2.75) is 43.6 Å². The van der Waals surface area contributed by atoms with Gasteiger partial charge in [0.25, 0.3) is 5.91 Å². The normalized spacial score (nSPS) is 18.9. The molecular formula is C27H27N3O5. The van der Waals surface area contributed by atoms with E-state index in [-0.39, 0.29) is 24.9 Å². The summed E-state index contributed by atoms with van der Waals surface area (Å²) >= 11 is 0. The lowest BCUT2D eigenvalue weighted by Gasteiger charge is -2.43. The van der Waals surface area contributed by atoms with Gasteiger partial charge < -0.3 is 19.5 Å². The van der Waals surface area contributed by atoms with Crippen LogP contribution in [-0.4, -0.2) is 63.6 Å². The average Bonchev–Trinajstić information content (AvgIpc) is 3.72. The van der Waals surface area contributed by atoms with Crippen LogP contribution < -0.4 is 9.47 Å². The fourth-order valence-corrected chi connectivity index (χ4v) is 5.18. The highest BCUT2D eigenvalue weighted by Gasteiger charge is 2.44. The summed E-state index contributed by atoms with van der Waals surface area (Å²) in [6.07, 6.45) is 5.36. The Bertz CT molecular complexity index is 1310. The van der Waals surface area contributed by atoms with Crippen LogP contribution in [0.1, 0.15) is 64.6 Å². The van der Waals surface area contributed by atoms with Crippen molar-refractivity contribution in [3.05, 3.63) is 59.5 Å². The number of nitrogens with zero attached hydrogens (tertiary/aromatic N) is 3. The van der Waals surface area contributed by atoms with Crippen LogP contribution in [0.3, 0.4) is 0 Å². The van der Waals surface area contributed by atoms with E-state index in [9.17, 15) is 14.7 Å². The zero-order valence-electron chi connectivity index (χ0n) is 19.4. The van der Waals surface area contributed by atoms with Gasteiger partial charge in [-0.3, -0.25) is 14.6 Å². The number of piperidine rings is 1. The molecule has 35 heavy (non-hydrogen) atoms. The van der Waals surface area contributed by atoms with E-state index in [1.165, 1.54) is 0 Å². The Morgan fingerprint density at radius 1 is 1.20 bits per heavy atom. The summed E-state index contributed by atoms with van der Waals surface area (Å²) in [4.78, 5) is 37.3. The minimum Gasteiger partial charge on any atom is -0.490 e. The molecule has 2 aromatic heterocycles. The third-order valence-electron chi connectivity index (χ3n) is 7.21. The number of Topliss-reactive ketones (excluding diaryl/α,β-unsaturated/α-hetero) is 1. The van der Waals surface area contributed by atoms with Crippen LogP contribution in [-0.2, 0) is 0 Å².